The molecule has 3 aromatic carbocycles. The van der Waals surface area contributed by atoms with Gasteiger partial charge in [-0.15, -0.1) is 0 Å². The predicted octanol–water partition coefficient (Wildman–Crippen LogP) is 3.77. The smallest absolute Gasteiger partial charge is 0.368 e. The zero-order valence-corrected chi connectivity index (χ0v) is 15.7. The molecule has 0 aliphatic heterocycles. The van der Waals surface area contributed by atoms with Gasteiger partial charge in [-0.25, -0.2) is 4.79 Å². The zero-order valence-electron chi connectivity index (χ0n) is 15.7. The predicted molar refractivity (Wildman–Crippen MR) is 108 cm³/mol. The van der Waals surface area contributed by atoms with Gasteiger partial charge in [-0.1, -0.05) is 66.7 Å². The van der Waals surface area contributed by atoms with Gasteiger partial charge < -0.3 is 4.74 Å². The first-order chi connectivity index (χ1) is 13.6. The summed E-state index contributed by atoms with van der Waals surface area (Å²) in [6.07, 6.45) is -0.196. The van der Waals surface area contributed by atoms with E-state index in [1.165, 1.54) is 14.9 Å². The van der Waals surface area contributed by atoms with Crippen molar-refractivity contribution in [3.05, 3.63) is 94.9 Å². The van der Waals surface area contributed by atoms with Crippen LogP contribution < -0.4 is 10.4 Å². The number of aromatic nitrogens is 4. The number of ether oxygens (including phenoxy) is 1. The summed E-state index contributed by atoms with van der Waals surface area (Å²) < 4.78 is 8.58. The first kappa shape index (κ1) is 17.7. The van der Waals surface area contributed by atoms with E-state index in [1.807, 2.05) is 43.3 Å². The van der Waals surface area contributed by atoms with Crippen molar-refractivity contribution in [2.75, 3.05) is 0 Å². The minimum atomic E-state index is -0.323. The molecule has 1 atom stereocenters. The lowest BCUT2D eigenvalue weighted by atomic mass is 10.0. The molecule has 4 rings (SSSR count). The first-order valence-electron chi connectivity index (χ1n) is 9.04. The third-order valence-corrected chi connectivity index (χ3v) is 4.61. The Hall–Kier alpha value is -3.67. The highest BCUT2D eigenvalue weighted by molar-refractivity contribution is 5.63. The van der Waals surface area contributed by atoms with E-state index in [-0.39, 0.29) is 11.8 Å². The van der Waals surface area contributed by atoms with E-state index in [0.717, 1.165) is 11.1 Å². The van der Waals surface area contributed by atoms with Crippen molar-refractivity contribution < 1.29 is 4.74 Å². The number of nitrogens with zero attached hydrogens (tertiary/aromatic N) is 4. The van der Waals surface area contributed by atoms with E-state index >= 15 is 0 Å². The molecule has 4 aromatic rings. The summed E-state index contributed by atoms with van der Waals surface area (Å²) in [4.78, 5) is 12.2. The molecule has 6 nitrogen and oxygen atoms in total. The summed E-state index contributed by atoms with van der Waals surface area (Å²) >= 11 is 0. The van der Waals surface area contributed by atoms with Crippen LogP contribution >= 0.6 is 0 Å². The largest absolute Gasteiger partial charge is 0.484 e. The molecule has 6 heteroatoms. The lowest BCUT2D eigenvalue weighted by Gasteiger charge is -2.17. The van der Waals surface area contributed by atoms with Gasteiger partial charge in [0.2, 0.25) is 0 Å². The number of para-hydroxylation sites is 2. The van der Waals surface area contributed by atoms with Crippen molar-refractivity contribution >= 4 is 0 Å². The Morgan fingerprint density at radius 1 is 0.821 bits per heavy atom. The molecule has 1 aromatic heterocycles. The van der Waals surface area contributed by atoms with E-state index in [0.29, 0.717) is 11.4 Å². The summed E-state index contributed by atoms with van der Waals surface area (Å²) in [5.74, 6) is 0.574. The average molecular weight is 372 g/mol. The summed E-state index contributed by atoms with van der Waals surface area (Å²) in [7, 11) is 1.56. The van der Waals surface area contributed by atoms with Gasteiger partial charge in [0, 0.05) is 7.05 Å². The molecular weight excluding hydrogens is 352 g/mol. The molecule has 28 heavy (non-hydrogen) atoms. The lowest BCUT2D eigenvalue weighted by molar-refractivity contribution is 0.226. The maximum absolute atomic E-state index is 12.2. The Balaban J connectivity index is 1.59. The minimum absolute atomic E-state index is 0.196. The highest BCUT2D eigenvalue weighted by Gasteiger charge is 2.15. The highest BCUT2D eigenvalue weighted by Crippen LogP contribution is 2.28. The fourth-order valence-corrected chi connectivity index (χ4v) is 3.03. The van der Waals surface area contributed by atoms with Crippen LogP contribution in [0.15, 0.2) is 83.7 Å². The van der Waals surface area contributed by atoms with Gasteiger partial charge in [0.1, 0.15) is 17.5 Å². The maximum Gasteiger partial charge on any atom is 0.368 e. The minimum Gasteiger partial charge on any atom is -0.484 e. The van der Waals surface area contributed by atoms with Gasteiger partial charge in [0.25, 0.3) is 0 Å². The molecule has 1 heterocycles. The van der Waals surface area contributed by atoms with Crippen molar-refractivity contribution in [1.82, 2.24) is 19.8 Å². The van der Waals surface area contributed by atoms with Crippen LogP contribution in [0.25, 0.3) is 16.8 Å². The Labute approximate surface area is 162 Å². The van der Waals surface area contributed by atoms with Crippen LogP contribution in [0.1, 0.15) is 18.6 Å². The average Bonchev–Trinajstić information content (AvgIpc) is 3.07. The van der Waals surface area contributed by atoms with E-state index in [1.54, 1.807) is 13.1 Å². The van der Waals surface area contributed by atoms with Crippen LogP contribution in [-0.4, -0.2) is 19.8 Å². The summed E-state index contributed by atoms with van der Waals surface area (Å²) in [6, 6.07) is 25.8. The molecule has 0 aliphatic rings. The van der Waals surface area contributed by atoms with Crippen LogP contribution in [0.4, 0.5) is 0 Å². The molecule has 1 unspecified atom stereocenters. The van der Waals surface area contributed by atoms with E-state index in [4.69, 9.17) is 4.74 Å². The van der Waals surface area contributed by atoms with Gasteiger partial charge in [-0.05, 0) is 46.2 Å². The number of tetrazole rings is 1. The lowest BCUT2D eigenvalue weighted by Crippen LogP contribution is -2.22. The molecule has 0 spiro atoms. The molecule has 0 saturated heterocycles. The third-order valence-electron chi connectivity index (χ3n) is 4.61. The number of benzene rings is 3. The van der Waals surface area contributed by atoms with Crippen molar-refractivity contribution in [2.45, 2.75) is 13.0 Å². The molecule has 0 radical (unpaired) electrons. The van der Waals surface area contributed by atoms with Crippen LogP contribution in [0.5, 0.6) is 5.75 Å². The zero-order chi connectivity index (χ0) is 19.5. The van der Waals surface area contributed by atoms with E-state index < -0.39 is 0 Å². The van der Waals surface area contributed by atoms with Crippen LogP contribution in [0, 0.1) is 0 Å². The SMILES string of the molecule is CC(Oc1ccccc1-n1nnn(C)c1=O)c1ccc(-c2ccccc2)cc1. The quantitative estimate of drug-likeness (QED) is 0.535. The fourth-order valence-electron chi connectivity index (χ4n) is 3.03. The molecule has 0 N–H and O–H groups in total. The molecule has 0 bridgehead atoms. The van der Waals surface area contributed by atoms with Crippen LogP contribution in [0.3, 0.4) is 0 Å². The number of hydrogen-bond donors (Lipinski definition) is 0. The number of aryl methyl sites for hydroxylation is 1. The van der Waals surface area contributed by atoms with Gasteiger partial charge in [-0.3, -0.25) is 0 Å². The Bertz CT molecular complexity index is 1130. The molecule has 0 aliphatic carbocycles. The standard InChI is InChI=1S/C22H20N4O2/c1-16(17-12-14-19(15-13-17)18-8-4-3-5-9-18)28-21-11-7-6-10-20(21)26-22(27)25(2)23-24-26/h3-16H,1-2H3. The number of hydrogen-bond acceptors (Lipinski definition) is 4. The van der Waals surface area contributed by atoms with E-state index in [2.05, 4.69) is 46.8 Å². The summed E-state index contributed by atoms with van der Waals surface area (Å²) in [5, 5.41) is 7.68. The van der Waals surface area contributed by atoms with Crippen molar-refractivity contribution in [1.29, 1.82) is 0 Å². The number of rotatable bonds is 5. The second-order valence-corrected chi connectivity index (χ2v) is 6.51. The van der Waals surface area contributed by atoms with Gasteiger partial charge >= 0.3 is 5.69 Å². The molecule has 0 fully saturated rings. The van der Waals surface area contributed by atoms with Crippen molar-refractivity contribution in [3.63, 3.8) is 0 Å². The normalized spacial score (nSPS) is 11.9. The third kappa shape index (κ3) is 3.44. The van der Waals surface area contributed by atoms with Crippen molar-refractivity contribution in [2.24, 2.45) is 7.05 Å². The highest BCUT2D eigenvalue weighted by atomic mass is 16.5. The summed E-state index contributed by atoms with van der Waals surface area (Å²) in [6.45, 7) is 1.98. The van der Waals surface area contributed by atoms with Crippen molar-refractivity contribution in [3.8, 4) is 22.6 Å². The Kier molecular flexibility index (Phi) is 4.76. The second-order valence-electron chi connectivity index (χ2n) is 6.51. The molecule has 0 saturated carbocycles. The van der Waals surface area contributed by atoms with Gasteiger partial charge in [0.15, 0.2) is 0 Å². The van der Waals surface area contributed by atoms with Crippen LogP contribution in [-0.2, 0) is 7.05 Å². The topological polar surface area (TPSA) is 61.9 Å². The first-order valence-corrected chi connectivity index (χ1v) is 9.04. The Morgan fingerprint density at radius 3 is 2.14 bits per heavy atom. The second kappa shape index (κ2) is 7.52. The van der Waals surface area contributed by atoms with E-state index in [9.17, 15) is 4.79 Å². The van der Waals surface area contributed by atoms with Gasteiger partial charge in [0.05, 0.1) is 0 Å². The molecule has 140 valence electrons. The summed E-state index contributed by atoms with van der Waals surface area (Å²) in [5.41, 5.74) is 3.61. The monoisotopic (exact) mass is 372 g/mol. The maximum atomic E-state index is 12.2. The molecule has 0 amide bonds. The van der Waals surface area contributed by atoms with Crippen LogP contribution in [0.2, 0.25) is 0 Å². The Morgan fingerprint density at radius 2 is 1.46 bits per heavy atom. The molecular formula is C22H20N4O2. The fraction of sp³-hybridized carbons (Fsp3) is 0.136. The van der Waals surface area contributed by atoms with Gasteiger partial charge in [-0.2, -0.15) is 9.36 Å².